The van der Waals surface area contributed by atoms with Gasteiger partial charge in [-0.15, -0.1) is 0 Å². The largest absolute Gasteiger partial charge is 0.748 e. The van der Waals surface area contributed by atoms with Crippen molar-refractivity contribution in [2.45, 2.75) is 110 Å². The SMILES string of the molecule is CCCCCCCCCCCCCCCC[N+]12CC[N+](CCCCS(=O)(=O)[O-])(CC1)CC2.F[B-](F)(F)F. The minimum absolute atomic E-state index is 0.188. The zero-order chi connectivity index (χ0) is 27.7. The number of quaternary nitrogens is 2. The Kier molecular flexibility index (Phi) is 16.9. The molecular formula is C26H53BF4N2O3S. The Morgan fingerprint density at radius 3 is 1.14 bits per heavy atom. The molecule has 3 saturated heterocycles. The van der Waals surface area contributed by atoms with Crippen molar-refractivity contribution in [2.75, 3.05) is 58.1 Å². The van der Waals surface area contributed by atoms with Crippen LogP contribution in [-0.4, -0.2) is 87.3 Å². The average Bonchev–Trinajstić information content (AvgIpc) is 2.82. The van der Waals surface area contributed by atoms with Gasteiger partial charge in [0.2, 0.25) is 0 Å². The van der Waals surface area contributed by atoms with Gasteiger partial charge in [0.05, 0.1) is 23.2 Å². The molecule has 0 aliphatic carbocycles. The van der Waals surface area contributed by atoms with E-state index in [9.17, 15) is 30.2 Å². The smallest absolute Gasteiger partial charge is 0.673 e. The van der Waals surface area contributed by atoms with E-state index in [1.54, 1.807) is 0 Å². The number of rotatable bonds is 20. The molecule has 0 aromatic rings. The first-order chi connectivity index (χ1) is 17.4. The molecule has 0 amide bonds. The molecule has 0 spiro atoms. The van der Waals surface area contributed by atoms with Crippen molar-refractivity contribution in [3.63, 3.8) is 0 Å². The van der Waals surface area contributed by atoms with Gasteiger partial charge in [0.15, 0.2) is 0 Å². The van der Waals surface area contributed by atoms with Crippen molar-refractivity contribution >= 4 is 17.4 Å². The normalized spacial score (nSPS) is 23.6. The van der Waals surface area contributed by atoms with E-state index < -0.39 is 17.4 Å². The van der Waals surface area contributed by atoms with E-state index in [1.165, 1.54) is 145 Å². The second kappa shape index (κ2) is 18.1. The van der Waals surface area contributed by atoms with Crippen LogP contribution in [0.3, 0.4) is 0 Å². The summed E-state index contributed by atoms with van der Waals surface area (Å²) in [6.45, 7) is 12.4. The first-order valence-electron chi connectivity index (χ1n) is 14.9. The first-order valence-corrected chi connectivity index (χ1v) is 16.5. The molecule has 3 heterocycles. The predicted octanol–water partition coefficient (Wildman–Crippen LogP) is 6.75. The molecule has 3 aliphatic heterocycles. The molecule has 37 heavy (non-hydrogen) atoms. The first kappa shape index (κ1) is 34.6. The van der Waals surface area contributed by atoms with Crippen LogP contribution in [0.5, 0.6) is 0 Å². The molecular weight excluding hydrogens is 507 g/mol. The predicted molar refractivity (Wildman–Crippen MR) is 144 cm³/mol. The lowest BCUT2D eigenvalue weighted by atomic mass is 10.0. The Hall–Kier alpha value is -0.385. The number of fused-ring (bicyclic) bond motifs is 3. The monoisotopic (exact) mass is 560 g/mol. The molecule has 11 heteroatoms. The van der Waals surface area contributed by atoms with Crippen LogP contribution in [0, 0.1) is 0 Å². The second-order valence-corrected chi connectivity index (χ2v) is 13.1. The number of unbranched alkanes of at least 4 members (excludes halogenated alkanes) is 14. The van der Waals surface area contributed by atoms with Crippen molar-refractivity contribution in [2.24, 2.45) is 0 Å². The molecule has 0 saturated carbocycles. The summed E-state index contributed by atoms with van der Waals surface area (Å²) < 4.78 is 73.9. The van der Waals surface area contributed by atoms with E-state index >= 15 is 0 Å². The molecule has 0 unspecified atom stereocenters. The van der Waals surface area contributed by atoms with Crippen LogP contribution in [-0.2, 0) is 10.1 Å². The fourth-order valence-corrected chi connectivity index (χ4v) is 6.54. The van der Waals surface area contributed by atoms with Crippen LogP contribution in [0.15, 0.2) is 0 Å². The summed E-state index contributed by atoms with van der Waals surface area (Å²) >= 11 is 0. The van der Waals surface area contributed by atoms with Crippen LogP contribution in [0.1, 0.15) is 110 Å². The summed E-state index contributed by atoms with van der Waals surface area (Å²) in [5.41, 5.74) is 0. The molecule has 0 aromatic carbocycles. The van der Waals surface area contributed by atoms with Gasteiger partial charge in [-0.3, -0.25) is 0 Å². The fourth-order valence-electron chi connectivity index (χ4n) is 5.98. The molecule has 5 nitrogen and oxygen atoms in total. The van der Waals surface area contributed by atoms with Crippen LogP contribution < -0.4 is 0 Å². The minimum Gasteiger partial charge on any atom is -0.748 e. The molecule has 0 N–H and O–H groups in total. The van der Waals surface area contributed by atoms with Gasteiger partial charge in [0, 0.05) is 5.75 Å². The van der Waals surface area contributed by atoms with Gasteiger partial charge in [0.25, 0.3) is 0 Å². The lowest BCUT2D eigenvalue weighted by Crippen LogP contribution is -2.75. The number of nitrogens with zero attached hydrogens (tertiary/aromatic N) is 2. The molecule has 0 radical (unpaired) electrons. The van der Waals surface area contributed by atoms with Crippen LogP contribution in [0.4, 0.5) is 17.3 Å². The molecule has 3 aliphatic rings. The topological polar surface area (TPSA) is 57.2 Å². The maximum atomic E-state index is 10.8. The Morgan fingerprint density at radius 2 is 0.838 bits per heavy atom. The van der Waals surface area contributed by atoms with Gasteiger partial charge in [-0.25, -0.2) is 8.42 Å². The third-order valence-electron chi connectivity index (χ3n) is 8.41. The van der Waals surface area contributed by atoms with Crippen molar-refractivity contribution < 1.29 is 39.2 Å². The summed E-state index contributed by atoms with van der Waals surface area (Å²) in [6, 6.07) is 0. The third kappa shape index (κ3) is 18.5. The summed E-state index contributed by atoms with van der Waals surface area (Å²) in [4.78, 5) is 0. The number of piperazine rings is 3. The van der Waals surface area contributed by atoms with E-state index in [4.69, 9.17) is 0 Å². The van der Waals surface area contributed by atoms with Crippen LogP contribution in [0.25, 0.3) is 0 Å². The number of hydrogen-bond acceptors (Lipinski definition) is 3. The standard InChI is InChI=1S/C26H53N2O3S.BF4/c1-2-3-4-5-6-7-8-9-10-11-12-13-14-15-18-27-20-23-28(24-21-27,25-22-27)19-16-17-26-32(29,30)31;2-1(3,4)5/h2-26H2,1H3;/q+1;-1. The zero-order valence-electron chi connectivity index (χ0n) is 23.3. The average molecular weight is 561 g/mol. The Morgan fingerprint density at radius 1 is 0.568 bits per heavy atom. The van der Waals surface area contributed by atoms with Crippen molar-refractivity contribution in [3.8, 4) is 0 Å². The second-order valence-electron chi connectivity index (χ2n) is 11.5. The zero-order valence-corrected chi connectivity index (χ0v) is 24.1. The van der Waals surface area contributed by atoms with E-state index in [0.29, 0.717) is 6.42 Å². The van der Waals surface area contributed by atoms with Gasteiger partial charge in [-0.05, 0) is 25.7 Å². The van der Waals surface area contributed by atoms with Gasteiger partial charge < -0.3 is 30.8 Å². The number of hydrogen-bond donors (Lipinski definition) is 0. The lowest BCUT2D eigenvalue weighted by Gasteiger charge is -2.55. The minimum atomic E-state index is -6.00. The van der Waals surface area contributed by atoms with E-state index in [-0.39, 0.29) is 5.75 Å². The maximum absolute atomic E-state index is 10.8. The van der Waals surface area contributed by atoms with Gasteiger partial charge in [-0.1, -0.05) is 84.0 Å². The fraction of sp³-hybridized carbons (Fsp3) is 1.00. The summed E-state index contributed by atoms with van der Waals surface area (Å²) in [5, 5.41) is 0. The van der Waals surface area contributed by atoms with Crippen molar-refractivity contribution in [1.29, 1.82) is 0 Å². The van der Waals surface area contributed by atoms with Gasteiger partial charge in [0.1, 0.15) is 39.3 Å². The summed E-state index contributed by atoms with van der Waals surface area (Å²) in [6.07, 6.45) is 21.4. The highest BCUT2D eigenvalue weighted by Crippen LogP contribution is 2.28. The quantitative estimate of drug-likeness (QED) is 0.0544. The molecule has 3 fully saturated rings. The van der Waals surface area contributed by atoms with E-state index in [2.05, 4.69) is 6.92 Å². The molecule has 0 atom stereocenters. The lowest BCUT2D eigenvalue weighted by molar-refractivity contribution is -1.08. The molecule has 2 bridgehead atoms. The van der Waals surface area contributed by atoms with Crippen molar-refractivity contribution in [3.05, 3.63) is 0 Å². The summed E-state index contributed by atoms with van der Waals surface area (Å²) in [7, 11) is -10.0. The highest BCUT2D eigenvalue weighted by atomic mass is 32.2. The highest BCUT2D eigenvalue weighted by molar-refractivity contribution is 7.85. The van der Waals surface area contributed by atoms with Crippen LogP contribution >= 0.6 is 0 Å². The highest BCUT2D eigenvalue weighted by Gasteiger charge is 2.48. The van der Waals surface area contributed by atoms with Gasteiger partial charge >= 0.3 is 7.25 Å². The molecule has 3 rings (SSSR count). The van der Waals surface area contributed by atoms with E-state index in [1.807, 2.05) is 0 Å². The Balaban J connectivity index is 0.00000124. The van der Waals surface area contributed by atoms with Crippen molar-refractivity contribution in [1.82, 2.24) is 0 Å². The van der Waals surface area contributed by atoms with E-state index in [0.717, 1.165) is 13.0 Å². The Labute approximate surface area is 224 Å². The van der Waals surface area contributed by atoms with Gasteiger partial charge in [-0.2, -0.15) is 0 Å². The number of halogens is 4. The maximum Gasteiger partial charge on any atom is 0.673 e. The summed E-state index contributed by atoms with van der Waals surface area (Å²) in [5.74, 6) is -0.188. The third-order valence-corrected chi connectivity index (χ3v) is 9.20. The van der Waals surface area contributed by atoms with Crippen LogP contribution in [0.2, 0.25) is 0 Å². The Bertz CT molecular complexity index is 665. The molecule has 0 aromatic heterocycles. The molecule has 222 valence electrons.